The minimum atomic E-state index is 0.556. The fraction of sp³-hybridized carbons (Fsp3) is 0.833. The summed E-state index contributed by atoms with van der Waals surface area (Å²) in [5.41, 5.74) is 1.24. The van der Waals surface area contributed by atoms with Crippen molar-refractivity contribution >= 4 is 0 Å². The minimum Gasteiger partial charge on any atom is -0.314 e. The van der Waals surface area contributed by atoms with E-state index in [0.717, 1.165) is 25.8 Å². The highest BCUT2D eigenvalue weighted by Crippen LogP contribution is 2.16. The number of nitrogens with zero attached hydrogens (tertiary/aromatic N) is 2. The highest BCUT2D eigenvalue weighted by Gasteiger charge is 2.12. The van der Waals surface area contributed by atoms with Crippen molar-refractivity contribution in [3.05, 3.63) is 18.0 Å². The number of unbranched alkanes of at least 4 members (excludes halogenated alkanes) is 2. The average Bonchev–Trinajstić information content (AvgIpc) is 2.94. The molecular formula is C18H35N3. The van der Waals surface area contributed by atoms with E-state index in [1.54, 1.807) is 0 Å². The zero-order chi connectivity index (χ0) is 15.5. The lowest BCUT2D eigenvalue weighted by Gasteiger charge is -2.17. The van der Waals surface area contributed by atoms with E-state index >= 15 is 0 Å². The summed E-state index contributed by atoms with van der Waals surface area (Å²) in [5, 5.41) is 8.50. The van der Waals surface area contributed by atoms with Crippen molar-refractivity contribution in [2.75, 3.05) is 6.54 Å². The van der Waals surface area contributed by atoms with Gasteiger partial charge in [-0.15, -0.1) is 0 Å². The van der Waals surface area contributed by atoms with E-state index in [-0.39, 0.29) is 0 Å². The third-order valence-corrected chi connectivity index (χ3v) is 4.27. The lowest BCUT2D eigenvalue weighted by Crippen LogP contribution is -2.32. The Balaban J connectivity index is 2.56. The Bertz CT molecular complexity index is 355. The van der Waals surface area contributed by atoms with Crippen LogP contribution >= 0.6 is 0 Å². The van der Waals surface area contributed by atoms with Gasteiger partial charge in [-0.25, -0.2) is 0 Å². The molecule has 0 saturated heterocycles. The summed E-state index contributed by atoms with van der Waals surface area (Å²) in [6, 6.07) is 3.35. The van der Waals surface area contributed by atoms with Gasteiger partial charge in [0.15, 0.2) is 0 Å². The zero-order valence-electron chi connectivity index (χ0n) is 14.6. The van der Waals surface area contributed by atoms with Crippen molar-refractivity contribution < 1.29 is 0 Å². The van der Waals surface area contributed by atoms with E-state index in [9.17, 15) is 0 Å². The van der Waals surface area contributed by atoms with Crippen LogP contribution in [0.4, 0.5) is 0 Å². The molecule has 21 heavy (non-hydrogen) atoms. The Morgan fingerprint density at radius 1 is 1.10 bits per heavy atom. The molecule has 122 valence electrons. The molecule has 0 radical (unpaired) electrons. The summed E-state index contributed by atoms with van der Waals surface area (Å²) < 4.78 is 2.16. The van der Waals surface area contributed by atoms with Crippen LogP contribution in [-0.2, 0) is 6.42 Å². The molecule has 0 aromatic carbocycles. The van der Waals surface area contributed by atoms with Gasteiger partial charge in [0.2, 0.25) is 0 Å². The van der Waals surface area contributed by atoms with Crippen LogP contribution in [0.3, 0.4) is 0 Å². The van der Waals surface area contributed by atoms with E-state index in [4.69, 9.17) is 5.10 Å². The van der Waals surface area contributed by atoms with Crippen LogP contribution in [-0.4, -0.2) is 22.4 Å². The van der Waals surface area contributed by atoms with E-state index in [0.29, 0.717) is 12.1 Å². The van der Waals surface area contributed by atoms with Crippen molar-refractivity contribution in [3.63, 3.8) is 0 Å². The summed E-state index contributed by atoms with van der Waals surface area (Å²) in [5.74, 6) is 0. The highest BCUT2D eigenvalue weighted by molar-refractivity contribution is 5.02. The Hall–Kier alpha value is -0.830. The van der Waals surface area contributed by atoms with Crippen LogP contribution < -0.4 is 5.32 Å². The number of hydrogen-bond acceptors (Lipinski definition) is 2. The van der Waals surface area contributed by atoms with Gasteiger partial charge in [0, 0.05) is 18.7 Å². The first-order valence-electron chi connectivity index (χ1n) is 9.02. The van der Waals surface area contributed by atoms with E-state index in [1.165, 1.54) is 37.8 Å². The molecular weight excluding hydrogens is 258 g/mol. The third kappa shape index (κ3) is 6.64. The molecule has 1 unspecified atom stereocenters. The van der Waals surface area contributed by atoms with Crippen molar-refractivity contribution in [3.8, 4) is 0 Å². The molecule has 3 heteroatoms. The predicted molar refractivity (Wildman–Crippen MR) is 91.8 cm³/mol. The van der Waals surface area contributed by atoms with E-state index in [2.05, 4.69) is 50.0 Å². The summed E-state index contributed by atoms with van der Waals surface area (Å²) in [7, 11) is 0. The molecule has 0 aliphatic heterocycles. The van der Waals surface area contributed by atoms with Gasteiger partial charge >= 0.3 is 0 Å². The summed E-state index contributed by atoms with van der Waals surface area (Å²) in [6.07, 6.45) is 12.0. The molecule has 3 nitrogen and oxygen atoms in total. The Kier molecular flexibility index (Phi) is 9.40. The average molecular weight is 293 g/mol. The van der Waals surface area contributed by atoms with Gasteiger partial charge in [-0.3, -0.25) is 4.68 Å². The molecule has 1 aromatic rings. The molecule has 1 atom stereocenters. The number of hydrogen-bond donors (Lipinski definition) is 1. The predicted octanol–water partition coefficient (Wildman–Crippen LogP) is 4.74. The molecule has 0 fully saturated rings. The lowest BCUT2D eigenvalue weighted by molar-refractivity contribution is 0.416. The molecule has 0 aliphatic carbocycles. The van der Waals surface area contributed by atoms with Crippen LogP contribution in [0.2, 0.25) is 0 Å². The Morgan fingerprint density at radius 2 is 1.86 bits per heavy atom. The second-order valence-electron chi connectivity index (χ2n) is 6.11. The highest BCUT2D eigenvalue weighted by atomic mass is 15.3. The standard InChI is InChI=1S/C18H35N3/c1-5-9-10-11-16(19-13-6-2)15-17-12-14-21(20-17)18(7-3)8-4/h12,14,16,18-19H,5-11,13,15H2,1-4H3. The maximum Gasteiger partial charge on any atom is 0.0640 e. The molecule has 0 saturated carbocycles. The molecule has 0 aliphatic rings. The second-order valence-corrected chi connectivity index (χ2v) is 6.11. The topological polar surface area (TPSA) is 29.9 Å². The molecule has 0 amide bonds. The second kappa shape index (κ2) is 10.8. The van der Waals surface area contributed by atoms with Gasteiger partial charge in [-0.05, 0) is 38.3 Å². The van der Waals surface area contributed by atoms with Crippen LogP contribution in [0.1, 0.15) is 84.4 Å². The third-order valence-electron chi connectivity index (χ3n) is 4.27. The number of nitrogens with one attached hydrogen (secondary N) is 1. The molecule has 1 heterocycles. The van der Waals surface area contributed by atoms with Crippen molar-refractivity contribution in [1.29, 1.82) is 0 Å². The molecule has 0 spiro atoms. The number of rotatable bonds is 12. The maximum absolute atomic E-state index is 4.81. The zero-order valence-corrected chi connectivity index (χ0v) is 14.6. The van der Waals surface area contributed by atoms with Crippen molar-refractivity contribution in [2.45, 2.75) is 91.1 Å². The molecule has 1 rings (SSSR count). The van der Waals surface area contributed by atoms with Gasteiger partial charge in [0.05, 0.1) is 11.7 Å². The normalized spacial score (nSPS) is 13.0. The fourth-order valence-corrected chi connectivity index (χ4v) is 2.87. The summed E-state index contributed by atoms with van der Waals surface area (Å²) in [6.45, 7) is 10.1. The van der Waals surface area contributed by atoms with Crippen LogP contribution in [0.25, 0.3) is 0 Å². The minimum absolute atomic E-state index is 0.556. The van der Waals surface area contributed by atoms with Gasteiger partial charge in [0.1, 0.15) is 0 Å². The van der Waals surface area contributed by atoms with Crippen LogP contribution in [0.15, 0.2) is 12.3 Å². The first-order valence-corrected chi connectivity index (χ1v) is 9.02. The van der Waals surface area contributed by atoms with E-state index in [1.807, 2.05) is 0 Å². The van der Waals surface area contributed by atoms with Crippen molar-refractivity contribution in [1.82, 2.24) is 15.1 Å². The monoisotopic (exact) mass is 293 g/mol. The number of aromatic nitrogens is 2. The quantitative estimate of drug-likeness (QED) is 0.564. The first-order chi connectivity index (χ1) is 10.2. The fourth-order valence-electron chi connectivity index (χ4n) is 2.87. The Morgan fingerprint density at radius 3 is 2.48 bits per heavy atom. The van der Waals surface area contributed by atoms with Gasteiger partial charge < -0.3 is 5.32 Å². The molecule has 1 N–H and O–H groups in total. The van der Waals surface area contributed by atoms with Crippen LogP contribution in [0, 0.1) is 0 Å². The van der Waals surface area contributed by atoms with Gasteiger partial charge in [0.25, 0.3) is 0 Å². The lowest BCUT2D eigenvalue weighted by atomic mass is 10.0. The smallest absolute Gasteiger partial charge is 0.0640 e. The SMILES string of the molecule is CCCCCC(Cc1ccn(C(CC)CC)n1)NCCC. The van der Waals surface area contributed by atoms with Gasteiger partial charge in [-0.2, -0.15) is 5.10 Å². The largest absolute Gasteiger partial charge is 0.314 e. The van der Waals surface area contributed by atoms with Crippen LogP contribution in [0.5, 0.6) is 0 Å². The first kappa shape index (κ1) is 18.2. The van der Waals surface area contributed by atoms with E-state index < -0.39 is 0 Å². The molecule has 1 aromatic heterocycles. The summed E-state index contributed by atoms with van der Waals surface area (Å²) >= 11 is 0. The van der Waals surface area contributed by atoms with Crippen molar-refractivity contribution in [2.24, 2.45) is 0 Å². The maximum atomic E-state index is 4.81. The summed E-state index contributed by atoms with van der Waals surface area (Å²) in [4.78, 5) is 0. The Labute approximate surface area is 131 Å². The van der Waals surface area contributed by atoms with Gasteiger partial charge in [-0.1, -0.05) is 47.0 Å². The molecule has 0 bridgehead atoms.